The van der Waals surface area contributed by atoms with Gasteiger partial charge in [0.15, 0.2) is 0 Å². The van der Waals surface area contributed by atoms with Gasteiger partial charge in [-0.1, -0.05) is 66.7 Å². The second kappa shape index (κ2) is 11.3. The monoisotopic (exact) mass is 431 g/mol. The van der Waals surface area contributed by atoms with E-state index < -0.39 is 19.1 Å². The molecule has 0 aliphatic heterocycles. The Morgan fingerprint density at radius 3 is 1.97 bits per heavy atom. The van der Waals surface area contributed by atoms with Gasteiger partial charge in [0.25, 0.3) is 5.91 Å². The smallest absolute Gasteiger partial charge is 0.467 e. The van der Waals surface area contributed by atoms with Crippen molar-refractivity contribution < 1.29 is 23.6 Å². The molecule has 3 rings (SSSR count). The van der Waals surface area contributed by atoms with Gasteiger partial charge in [-0.3, -0.25) is 4.79 Å². The third-order valence-electron chi connectivity index (χ3n) is 5.17. The fraction of sp³-hybridized carbons (Fsp3) is 0.200. The molecule has 0 fully saturated rings. The van der Waals surface area contributed by atoms with Gasteiger partial charge in [0, 0.05) is 26.2 Å². The number of ether oxygens (including phenoxy) is 1. The number of hydrogen-bond donors (Lipinski definition) is 1. The standard InChI is InChI=1S/C25H26BNO5/c1-30-25(29)23(17-18-9-15-22(16-10-18)26(31-2)32-3)27-24(28)21-13-11-20(12-14-21)19-7-5-4-6-8-19/h4-16,23H,17H2,1-3H3,(H,27,28)/t23-/m1/s1. The first kappa shape index (κ1) is 23.3. The van der Waals surface area contributed by atoms with Crippen molar-refractivity contribution in [1.29, 1.82) is 0 Å². The van der Waals surface area contributed by atoms with Crippen LogP contribution in [0.5, 0.6) is 0 Å². The van der Waals surface area contributed by atoms with Crippen molar-refractivity contribution in [2.24, 2.45) is 0 Å². The highest BCUT2D eigenvalue weighted by Gasteiger charge is 2.23. The van der Waals surface area contributed by atoms with Crippen molar-refractivity contribution >= 4 is 24.5 Å². The van der Waals surface area contributed by atoms with E-state index in [0.717, 1.165) is 22.2 Å². The summed E-state index contributed by atoms with van der Waals surface area (Å²) in [5.74, 6) is -0.842. The number of rotatable bonds is 9. The molecular formula is C25H26BNO5. The van der Waals surface area contributed by atoms with Crippen LogP contribution in [0.4, 0.5) is 0 Å². The number of nitrogens with one attached hydrogen (secondary N) is 1. The summed E-state index contributed by atoms with van der Waals surface area (Å²) in [5.41, 5.74) is 4.28. The summed E-state index contributed by atoms with van der Waals surface area (Å²) < 4.78 is 15.4. The first-order valence-corrected chi connectivity index (χ1v) is 10.2. The summed E-state index contributed by atoms with van der Waals surface area (Å²) in [7, 11) is 3.98. The van der Waals surface area contributed by atoms with E-state index >= 15 is 0 Å². The lowest BCUT2D eigenvalue weighted by atomic mass is 9.78. The quantitative estimate of drug-likeness (QED) is 0.417. The molecule has 3 aromatic rings. The SMILES string of the molecule is COB(OC)c1ccc(C[C@@H](NC(=O)c2ccc(-c3ccccc3)cc2)C(=O)OC)cc1. The van der Waals surface area contributed by atoms with E-state index in [-0.39, 0.29) is 5.91 Å². The summed E-state index contributed by atoms with van der Waals surface area (Å²) >= 11 is 0. The van der Waals surface area contributed by atoms with Crippen LogP contribution in [0.25, 0.3) is 11.1 Å². The Bertz CT molecular complexity index is 1020. The van der Waals surface area contributed by atoms with Crippen LogP contribution in [0.3, 0.4) is 0 Å². The largest absolute Gasteiger partial charge is 0.493 e. The molecule has 0 aliphatic carbocycles. The van der Waals surface area contributed by atoms with Gasteiger partial charge in [-0.05, 0) is 34.3 Å². The van der Waals surface area contributed by atoms with Crippen molar-refractivity contribution in [3.8, 4) is 11.1 Å². The number of methoxy groups -OCH3 is 1. The normalized spacial score (nSPS) is 11.5. The van der Waals surface area contributed by atoms with Crippen LogP contribution in [0.1, 0.15) is 15.9 Å². The third-order valence-corrected chi connectivity index (χ3v) is 5.17. The minimum absolute atomic E-state index is 0.297. The van der Waals surface area contributed by atoms with Gasteiger partial charge in [-0.25, -0.2) is 4.79 Å². The molecule has 0 aromatic heterocycles. The Kier molecular flexibility index (Phi) is 8.19. The molecule has 0 heterocycles. The first-order valence-electron chi connectivity index (χ1n) is 10.2. The van der Waals surface area contributed by atoms with Crippen molar-refractivity contribution in [3.05, 3.63) is 90.0 Å². The second-order valence-electron chi connectivity index (χ2n) is 7.24. The zero-order valence-corrected chi connectivity index (χ0v) is 18.4. The maximum absolute atomic E-state index is 12.8. The topological polar surface area (TPSA) is 73.9 Å². The van der Waals surface area contributed by atoms with Crippen LogP contribution in [0.15, 0.2) is 78.9 Å². The molecule has 164 valence electrons. The van der Waals surface area contributed by atoms with Gasteiger partial charge in [0.1, 0.15) is 6.04 Å². The van der Waals surface area contributed by atoms with E-state index in [1.165, 1.54) is 7.11 Å². The van der Waals surface area contributed by atoms with Crippen molar-refractivity contribution in [3.63, 3.8) is 0 Å². The van der Waals surface area contributed by atoms with E-state index in [4.69, 9.17) is 14.0 Å². The van der Waals surface area contributed by atoms with Gasteiger partial charge >= 0.3 is 13.1 Å². The molecule has 1 N–H and O–H groups in total. The minimum Gasteiger partial charge on any atom is -0.467 e. The van der Waals surface area contributed by atoms with E-state index in [1.807, 2.05) is 66.7 Å². The summed E-state index contributed by atoms with van der Waals surface area (Å²) in [4.78, 5) is 25.1. The van der Waals surface area contributed by atoms with E-state index in [2.05, 4.69) is 5.32 Å². The molecule has 0 bridgehead atoms. The maximum atomic E-state index is 12.8. The Morgan fingerprint density at radius 1 is 0.812 bits per heavy atom. The number of carbonyl (C=O) groups is 2. The number of esters is 1. The molecular weight excluding hydrogens is 405 g/mol. The molecule has 0 saturated heterocycles. The second-order valence-corrected chi connectivity index (χ2v) is 7.24. The average Bonchev–Trinajstić information content (AvgIpc) is 2.85. The lowest BCUT2D eigenvalue weighted by Crippen LogP contribution is -2.43. The Morgan fingerprint density at radius 2 is 1.41 bits per heavy atom. The zero-order chi connectivity index (χ0) is 22.9. The van der Waals surface area contributed by atoms with Crippen molar-refractivity contribution in [2.75, 3.05) is 21.3 Å². The molecule has 1 amide bonds. The molecule has 1 atom stereocenters. The van der Waals surface area contributed by atoms with Crippen LogP contribution in [-0.2, 0) is 25.3 Å². The molecule has 0 radical (unpaired) electrons. The maximum Gasteiger partial charge on any atom is 0.493 e. The average molecular weight is 431 g/mol. The van der Waals surface area contributed by atoms with E-state index in [0.29, 0.717) is 12.0 Å². The number of hydrogen-bond acceptors (Lipinski definition) is 5. The van der Waals surface area contributed by atoms with Crippen LogP contribution >= 0.6 is 0 Å². The summed E-state index contributed by atoms with van der Waals surface area (Å²) in [5, 5.41) is 2.79. The Labute approximate surface area is 188 Å². The predicted molar refractivity (Wildman–Crippen MR) is 125 cm³/mol. The highest BCUT2D eigenvalue weighted by atomic mass is 16.6. The zero-order valence-electron chi connectivity index (χ0n) is 18.4. The molecule has 0 aliphatic rings. The lowest BCUT2D eigenvalue weighted by molar-refractivity contribution is -0.142. The molecule has 6 nitrogen and oxygen atoms in total. The molecule has 3 aromatic carbocycles. The fourth-order valence-electron chi connectivity index (χ4n) is 3.44. The minimum atomic E-state index is -0.812. The fourth-order valence-corrected chi connectivity index (χ4v) is 3.44. The molecule has 0 saturated carbocycles. The van der Waals surface area contributed by atoms with Gasteiger partial charge in [0.05, 0.1) is 7.11 Å². The van der Waals surface area contributed by atoms with Crippen LogP contribution < -0.4 is 10.8 Å². The number of carbonyl (C=O) groups excluding carboxylic acids is 2. The van der Waals surface area contributed by atoms with Crippen LogP contribution in [0.2, 0.25) is 0 Å². The first-order chi connectivity index (χ1) is 15.5. The van der Waals surface area contributed by atoms with E-state index in [9.17, 15) is 9.59 Å². The highest BCUT2D eigenvalue weighted by Crippen LogP contribution is 2.19. The third kappa shape index (κ3) is 5.84. The number of benzene rings is 3. The van der Waals surface area contributed by atoms with Gasteiger partial charge < -0.3 is 19.4 Å². The van der Waals surface area contributed by atoms with Crippen LogP contribution in [0, 0.1) is 0 Å². The summed E-state index contributed by atoms with van der Waals surface area (Å²) in [6.45, 7) is 0. The predicted octanol–water partition coefficient (Wildman–Crippen LogP) is 2.86. The summed E-state index contributed by atoms with van der Waals surface area (Å²) in [6, 6.07) is 23.8. The van der Waals surface area contributed by atoms with Crippen molar-refractivity contribution in [2.45, 2.75) is 12.5 Å². The van der Waals surface area contributed by atoms with Gasteiger partial charge in [0.2, 0.25) is 0 Å². The molecule has 32 heavy (non-hydrogen) atoms. The molecule has 0 unspecified atom stereocenters. The van der Waals surface area contributed by atoms with E-state index in [1.54, 1.807) is 26.4 Å². The summed E-state index contributed by atoms with van der Waals surface area (Å²) in [6.07, 6.45) is 0.297. The van der Waals surface area contributed by atoms with Crippen LogP contribution in [-0.4, -0.2) is 46.4 Å². The Balaban J connectivity index is 1.70. The molecule has 7 heteroatoms. The molecule has 0 spiro atoms. The number of amides is 1. The van der Waals surface area contributed by atoms with Gasteiger partial charge in [-0.15, -0.1) is 0 Å². The Hall–Kier alpha value is -3.42. The lowest BCUT2D eigenvalue weighted by Gasteiger charge is -2.17. The van der Waals surface area contributed by atoms with Crippen molar-refractivity contribution in [1.82, 2.24) is 5.32 Å². The van der Waals surface area contributed by atoms with Gasteiger partial charge in [-0.2, -0.15) is 0 Å². The highest BCUT2D eigenvalue weighted by molar-refractivity contribution is 6.61.